The molecule has 0 aliphatic rings. The van der Waals surface area contributed by atoms with Gasteiger partial charge in [-0.2, -0.15) is 10.4 Å². The predicted octanol–water partition coefficient (Wildman–Crippen LogP) is 2.59. The van der Waals surface area contributed by atoms with Crippen LogP contribution in [0.5, 0.6) is 0 Å². The Kier molecular flexibility index (Phi) is 4.66. The zero-order valence-electron chi connectivity index (χ0n) is 12.2. The van der Waals surface area contributed by atoms with E-state index in [2.05, 4.69) is 21.6 Å². The molecule has 1 heterocycles. The minimum Gasteiger partial charge on any atom is -0.338 e. The van der Waals surface area contributed by atoms with Gasteiger partial charge in [0.25, 0.3) is 0 Å². The lowest BCUT2D eigenvalue weighted by molar-refractivity contribution is 0.686. The van der Waals surface area contributed by atoms with Crippen LogP contribution in [0, 0.1) is 25.2 Å². The smallest absolute Gasteiger partial charge is 0.171 e. The van der Waals surface area contributed by atoms with E-state index in [4.69, 9.17) is 0 Å². The van der Waals surface area contributed by atoms with Crippen LogP contribution in [0.4, 0.5) is 11.5 Å². The molecule has 1 aromatic heterocycles. The Morgan fingerprint density at radius 1 is 1.33 bits per heavy atom. The molecule has 1 unspecified atom stereocenters. The second-order valence-corrected chi connectivity index (χ2v) is 6.22. The van der Waals surface area contributed by atoms with Crippen LogP contribution in [0.15, 0.2) is 24.3 Å². The van der Waals surface area contributed by atoms with E-state index < -0.39 is 10.8 Å². The maximum Gasteiger partial charge on any atom is 0.171 e. The van der Waals surface area contributed by atoms with Gasteiger partial charge in [0.2, 0.25) is 0 Å². The van der Waals surface area contributed by atoms with Crippen LogP contribution in [0.2, 0.25) is 0 Å². The number of hydrogen-bond donors (Lipinski definition) is 1. The number of anilines is 2. The highest BCUT2D eigenvalue weighted by Crippen LogP contribution is 2.22. The predicted molar refractivity (Wildman–Crippen MR) is 83.7 cm³/mol. The molecule has 1 N–H and O–H groups in total. The number of aryl methyl sites for hydroxylation is 1. The second-order valence-electron chi connectivity index (χ2n) is 4.79. The highest BCUT2D eigenvalue weighted by atomic mass is 32.2. The van der Waals surface area contributed by atoms with Gasteiger partial charge in [0, 0.05) is 28.5 Å². The number of nitriles is 1. The lowest BCUT2D eigenvalue weighted by Gasteiger charge is -2.10. The van der Waals surface area contributed by atoms with Crippen LogP contribution >= 0.6 is 0 Å². The average Bonchev–Trinajstić information content (AvgIpc) is 2.43. The fraction of sp³-hybridized carbons (Fsp3) is 0.267. The van der Waals surface area contributed by atoms with Crippen molar-refractivity contribution in [3.63, 3.8) is 0 Å². The van der Waals surface area contributed by atoms with E-state index in [1.807, 2.05) is 38.1 Å². The molecule has 21 heavy (non-hydrogen) atoms. The minimum absolute atomic E-state index is 0.440. The lowest BCUT2D eigenvalue weighted by atomic mass is 10.1. The van der Waals surface area contributed by atoms with E-state index in [0.717, 1.165) is 22.5 Å². The topological polar surface area (TPSA) is 78.7 Å². The zero-order chi connectivity index (χ0) is 15.4. The molecule has 0 bridgehead atoms. The van der Waals surface area contributed by atoms with Crippen molar-refractivity contribution in [1.82, 2.24) is 10.2 Å². The number of nitrogens with zero attached hydrogens (tertiary/aromatic N) is 3. The summed E-state index contributed by atoms with van der Waals surface area (Å²) in [4.78, 5) is 0. The molecule has 0 saturated carbocycles. The monoisotopic (exact) mass is 300 g/mol. The van der Waals surface area contributed by atoms with Gasteiger partial charge in [0.15, 0.2) is 5.82 Å². The second kappa shape index (κ2) is 6.46. The van der Waals surface area contributed by atoms with Crippen molar-refractivity contribution in [3.05, 3.63) is 46.6 Å². The van der Waals surface area contributed by atoms with E-state index >= 15 is 0 Å². The van der Waals surface area contributed by atoms with Crippen LogP contribution in [-0.2, 0) is 16.6 Å². The van der Waals surface area contributed by atoms with Gasteiger partial charge in [0.1, 0.15) is 11.6 Å². The minimum atomic E-state index is -0.892. The van der Waals surface area contributed by atoms with Gasteiger partial charge >= 0.3 is 0 Å². The Bertz CT molecular complexity index is 737. The molecule has 108 valence electrons. The summed E-state index contributed by atoms with van der Waals surface area (Å²) in [6, 6.07) is 9.74. The molecular weight excluding hydrogens is 284 g/mol. The van der Waals surface area contributed by atoms with Crippen molar-refractivity contribution in [2.75, 3.05) is 11.6 Å². The third kappa shape index (κ3) is 3.64. The molecule has 0 saturated heterocycles. The summed E-state index contributed by atoms with van der Waals surface area (Å²) in [5.41, 5.74) is 3.82. The molecular formula is C15H16N4OS. The van der Waals surface area contributed by atoms with E-state index in [-0.39, 0.29) is 0 Å². The molecule has 0 radical (unpaired) electrons. The van der Waals surface area contributed by atoms with Crippen molar-refractivity contribution in [2.24, 2.45) is 0 Å². The van der Waals surface area contributed by atoms with Crippen molar-refractivity contribution in [3.8, 4) is 6.07 Å². The van der Waals surface area contributed by atoms with Gasteiger partial charge < -0.3 is 5.32 Å². The molecule has 0 spiro atoms. The maximum atomic E-state index is 11.3. The Morgan fingerprint density at radius 2 is 2.10 bits per heavy atom. The lowest BCUT2D eigenvalue weighted by Crippen LogP contribution is -2.04. The zero-order valence-corrected chi connectivity index (χ0v) is 13.0. The number of benzene rings is 1. The van der Waals surface area contributed by atoms with Crippen LogP contribution in [0.25, 0.3) is 0 Å². The number of hydrogen-bond acceptors (Lipinski definition) is 5. The summed E-state index contributed by atoms with van der Waals surface area (Å²) in [7, 11) is -0.892. The van der Waals surface area contributed by atoms with Crippen molar-refractivity contribution >= 4 is 22.3 Å². The maximum absolute atomic E-state index is 11.3. The largest absolute Gasteiger partial charge is 0.338 e. The van der Waals surface area contributed by atoms with Gasteiger partial charge in [-0.3, -0.25) is 4.21 Å². The van der Waals surface area contributed by atoms with Gasteiger partial charge in [-0.05, 0) is 37.1 Å². The molecule has 0 amide bonds. The first kappa shape index (κ1) is 15.1. The Balaban J connectivity index is 2.33. The molecule has 1 atom stereocenters. The molecule has 2 rings (SSSR count). The average molecular weight is 300 g/mol. The molecule has 5 nitrogen and oxygen atoms in total. The van der Waals surface area contributed by atoms with E-state index in [9.17, 15) is 9.47 Å². The summed E-state index contributed by atoms with van der Waals surface area (Å²) in [6.07, 6.45) is 1.67. The standard InChI is InChI=1S/C15H16N4OS/c1-10-11(2)18-19-15(14(10)8-16)17-13-6-4-5-12(7-13)9-21(3)20/h4-7H,9H2,1-3H3,(H,17,19). The SMILES string of the molecule is Cc1nnc(Nc2cccc(CS(C)=O)c2)c(C#N)c1C. The Hall–Kier alpha value is -2.26. The van der Waals surface area contributed by atoms with E-state index in [1.54, 1.807) is 6.26 Å². The van der Waals surface area contributed by atoms with Crippen LogP contribution in [-0.4, -0.2) is 20.7 Å². The van der Waals surface area contributed by atoms with Crippen molar-refractivity contribution in [1.29, 1.82) is 5.26 Å². The number of rotatable bonds is 4. The Labute approximate surface area is 126 Å². The fourth-order valence-electron chi connectivity index (χ4n) is 1.94. The summed E-state index contributed by atoms with van der Waals surface area (Å²) >= 11 is 0. The van der Waals surface area contributed by atoms with E-state index in [1.165, 1.54) is 0 Å². The van der Waals surface area contributed by atoms with Gasteiger partial charge in [-0.1, -0.05) is 12.1 Å². The van der Waals surface area contributed by atoms with Gasteiger partial charge in [-0.15, -0.1) is 5.10 Å². The van der Waals surface area contributed by atoms with Crippen LogP contribution in [0.3, 0.4) is 0 Å². The van der Waals surface area contributed by atoms with Crippen LogP contribution < -0.4 is 5.32 Å². The number of aromatic nitrogens is 2. The first-order valence-electron chi connectivity index (χ1n) is 6.41. The molecule has 6 heteroatoms. The van der Waals surface area contributed by atoms with E-state index in [0.29, 0.717) is 17.1 Å². The summed E-state index contributed by atoms with van der Waals surface area (Å²) in [6.45, 7) is 3.68. The first-order valence-corrected chi connectivity index (χ1v) is 8.14. The highest BCUT2D eigenvalue weighted by molar-refractivity contribution is 7.83. The summed E-state index contributed by atoms with van der Waals surface area (Å²) in [5.74, 6) is 0.939. The summed E-state index contributed by atoms with van der Waals surface area (Å²) < 4.78 is 11.3. The molecule has 1 aromatic carbocycles. The van der Waals surface area contributed by atoms with Crippen molar-refractivity contribution in [2.45, 2.75) is 19.6 Å². The molecule has 0 aliphatic heterocycles. The third-order valence-electron chi connectivity index (χ3n) is 3.13. The first-order chi connectivity index (χ1) is 10.0. The molecule has 2 aromatic rings. The highest BCUT2D eigenvalue weighted by Gasteiger charge is 2.11. The normalized spacial score (nSPS) is 11.7. The van der Waals surface area contributed by atoms with Crippen LogP contribution in [0.1, 0.15) is 22.4 Å². The summed E-state index contributed by atoms with van der Waals surface area (Å²) in [5, 5.41) is 20.5. The van der Waals surface area contributed by atoms with Gasteiger partial charge in [0.05, 0.1) is 5.69 Å². The third-order valence-corrected chi connectivity index (χ3v) is 3.87. The molecule has 0 aliphatic carbocycles. The number of nitrogens with one attached hydrogen (secondary N) is 1. The van der Waals surface area contributed by atoms with Crippen molar-refractivity contribution < 1.29 is 4.21 Å². The molecule has 0 fully saturated rings. The van der Waals surface area contributed by atoms with Gasteiger partial charge in [-0.25, -0.2) is 0 Å². The Morgan fingerprint density at radius 3 is 2.76 bits per heavy atom. The fourth-order valence-corrected chi connectivity index (χ4v) is 2.59. The quantitative estimate of drug-likeness (QED) is 0.939.